The molecule has 3 aromatic rings. The number of aromatic nitrogens is 3. The quantitative estimate of drug-likeness (QED) is 0.787. The van der Waals surface area contributed by atoms with Gasteiger partial charge in [0.1, 0.15) is 5.69 Å². The van der Waals surface area contributed by atoms with E-state index in [1.807, 2.05) is 30.3 Å². The predicted molar refractivity (Wildman–Crippen MR) is 87.8 cm³/mol. The molecule has 5 heteroatoms. The van der Waals surface area contributed by atoms with Crippen LogP contribution in [0.1, 0.15) is 12.6 Å². The first-order valence-electron chi connectivity index (χ1n) is 6.86. The molecular weight excluding hydrogens is 328 g/mol. The average Bonchev–Trinajstić information content (AvgIpc) is 2.52. The van der Waals surface area contributed by atoms with Gasteiger partial charge in [-0.05, 0) is 40.7 Å². The molecule has 0 radical (unpaired) electrons. The molecule has 0 bridgehead atoms. The minimum Gasteiger partial charge on any atom is -0.311 e. The summed E-state index contributed by atoms with van der Waals surface area (Å²) in [4.78, 5) is 13.6. The van der Waals surface area contributed by atoms with Crippen LogP contribution >= 0.6 is 15.9 Å². The van der Waals surface area contributed by atoms with Crippen molar-refractivity contribution in [1.82, 2.24) is 20.3 Å². The topological polar surface area (TPSA) is 50.7 Å². The molecule has 1 N–H and O–H groups in total. The summed E-state index contributed by atoms with van der Waals surface area (Å²) in [5, 5.41) is 4.36. The van der Waals surface area contributed by atoms with Gasteiger partial charge in [-0.2, -0.15) is 0 Å². The Bertz CT molecular complexity index is 773. The highest BCUT2D eigenvalue weighted by molar-refractivity contribution is 9.10. The lowest BCUT2D eigenvalue weighted by molar-refractivity contribution is 0.709. The number of nitrogens with zero attached hydrogens (tertiary/aromatic N) is 3. The first kappa shape index (κ1) is 14.1. The van der Waals surface area contributed by atoms with E-state index in [2.05, 4.69) is 49.2 Å². The van der Waals surface area contributed by atoms with Gasteiger partial charge in [0.15, 0.2) is 5.82 Å². The van der Waals surface area contributed by atoms with Gasteiger partial charge in [-0.1, -0.05) is 25.1 Å². The van der Waals surface area contributed by atoms with E-state index in [0.717, 1.165) is 39.9 Å². The Morgan fingerprint density at radius 2 is 2.00 bits per heavy atom. The maximum atomic E-state index is 4.67. The number of fused-ring (bicyclic) bond motifs is 1. The van der Waals surface area contributed by atoms with Crippen LogP contribution in [0.5, 0.6) is 0 Å². The molecule has 21 heavy (non-hydrogen) atoms. The van der Waals surface area contributed by atoms with Gasteiger partial charge in [0.25, 0.3) is 0 Å². The summed E-state index contributed by atoms with van der Waals surface area (Å²) < 4.78 is 0.904. The predicted octanol–water partition coefficient (Wildman–Crippen LogP) is 3.56. The molecule has 0 aliphatic rings. The Morgan fingerprint density at radius 3 is 2.86 bits per heavy atom. The van der Waals surface area contributed by atoms with Gasteiger partial charge in [-0.15, -0.1) is 0 Å². The van der Waals surface area contributed by atoms with Crippen LogP contribution in [0.15, 0.2) is 47.1 Å². The van der Waals surface area contributed by atoms with Crippen molar-refractivity contribution in [3.05, 3.63) is 52.8 Å². The minimum atomic E-state index is 0.642. The molecule has 0 saturated heterocycles. The van der Waals surface area contributed by atoms with Crippen molar-refractivity contribution in [2.24, 2.45) is 0 Å². The van der Waals surface area contributed by atoms with Crippen molar-refractivity contribution in [2.45, 2.75) is 13.5 Å². The molecule has 0 aliphatic heterocycles. The Morgan fingerprint density at radius 1 is 1.14 bits per heavy atom. The summed E-state index contributed by atoms with van der Waals surface area (Å²) in [5.41, 5.74) is 2.67. The molecule has 0 amide bonds. The number of halogens is 1. The maximum Gasteiger partial charge on any atom is 0.179 e. The van der Waals surface area contributed by atoms with Crippen LogP contribution in [0, 0.1) is 0 Å². The molecule has 2 heterocycles. The van der Waals surface area contributed by atoms with Gasteiger partial charge < -0.3 is 5.32 Å². The van der Waals surface area contributed by atoms with Crippen LogP contribution in [-0.2, 0) is 6.54 Å². The van der Waals surface area contributed by atoms with Gasteiger partial charge in [-0.3, -0.25) is 0 Å². The zero-order valence-corrected chi connectivity index (χ0v) is 13.3. The van der Waals surface area contributed by atoms with Crippen LogP contribution in [0.25, 0.3) is 22.4 Å². The molecule has 0 atom stereocenters. The number of nitrogens with one attached hydrogen (secondary N) is 1. The summed E-state index contributed by atoms with van der Waals surface area (Å²) in [6.07, 6.45) is 1.78. The Hall–Kier alpha value is -1.85. The second-order valence-electron chi connectivity index (χ2n) is 4.66. The molecule has 106 valence electrons. The van der Waals surface area contributed by atoms with E-state index in [4.69, 9.17) is 0 Å². The van der Waals surface area contributed by atoms with E-state index in [9.17, 15) is 0 Å². The molecule has 0 saturated carbocycles. The monoisotopic (exact) mass is 342 g/mol. The summed E-state index contributed by atoms with van der Waals surface area (Å²) in [6, 6.07) is 12.0. The third kappa shape index (κ3) is 3.09. The van der Waals surface area contributed by atoms with Crippen LogP contribution in [0.4, 0.5) is 0 Å². The molecule has 0 fully saturated rings. The van der Waals surface area contributed by atoms with Gasteiger partial charge in [-0.25, -0.2) is 15.0 Å². The fraction of sp³-hybridized carbons (Fsp3) is 0.188. The summed E-state index contributed by atoms with van der Waals surface area (Å²) >= 11 is 3.57. The van der Waals surface area contributed by atoms with Crippen LogP contribution < -0.4 is 5.32 Å². The second kappa shape index (κ2) is 6.28. The van der Waals surface area contributed by atoms with E-state index >= 15 is 0 Å². The zero-order valence-electron chi connectivity index (χ0n) is 11.7. The molecule has 0 spiro atoms. The van der Waals surface area contributed by atoms with Gasteiger partial charge in [0, 0.05) is 22.6 Å². The van der Waals surface area contributed by atoms with Gasteiger partial charge in [0.2, 0.25) is 0 Å². The first-order chi connectivity index (χ1) is 10.3. The van der Waals surface area contributed by atoms with Crippen molar-refractivity contribution >= 4 is 26.8 Å². The standard InChI is InChI=1S/C16H15BrN4/c1-2-18-10-12-7-8-19-16(20-12)15-13(17)9-11-5-3-4-6-14(11)21-15/h3-9,18H,2,10H2,1H3. The number of pyridine rings is 1. The average molecular weight is 343 g/mol. The molecule has 2 aromatic heterocycles. The lowest BCUT2D eigenvalue weighted by atomic mass is 10.2. The van der Waals surface area contributed by atoms with Crippen molar-refractivity contribution in [2.75, 3.05) is 6.54 Å². The molecule has 0 unspecified atom stereocenters. The highest BCUT2D eigenvalue weighted by Crippen LogP contribution is 2.27. The minimum absolute atomic E-state index is 0.642. The van der Waals surface area contributed by atoms with Crippen molar-refractivity contribution in [3.63, 3.8) is 0 Å². The summed E-state index contributed by atoms with van der Waals surface area (Å²) in [7, 11) is 0. The number of para-hydroxylation sites is 1. The summed E-state index contributed by atoms with van der Waals surface area (Å²) in [6.45, 7) is 3.72. The van der Waals surface area contributed by atoms with E-state index in [0.29, 0.717) is 5.82 Å². The van der Waals surface area contributed by atoms with E-state index in [-0.39, 0.29) is 0 Å². The third-order valence-corrected chi connectivity index (χ3v) is 3.76. The van der Waals surface area contributed by atoms with Crippen molar-refractivity contribution in [1.29, 1.82) is 0 Å². The normalized spacial score (nSPS) is 11.0. The van der Waals surface area contributed by atoms with Crippen LogP contribution in [0.3, 0.4) is 0 Å². The Balaban J connectivity index is 2.05. The fourth-order valence-electron chi connectivity index (χ4n) is 2.11. The highest BCUT2D eigenvalue weighted by Gasteiger charge is 2.10. The zero-order chi connectivity index (χ0) is 14.7. The number of hydrogen-bond acceptors (Lipinski definition) is 4. The molecule has 0 aliphatic carbocycles. The van der Waals surface area contributed by atoms with Gasteiger partial charge >= 0.3 is 0 Å². The molecule has 4 nitrogen and oxygen atoms in total. The maximum absolute atomic E-state index is 4.67. The number of benzene rings is 1. The Kier molecular flexibility index (Phi) is 4.22. The number of hydrogen-bond donors (Lipinski definition) is 1. The molecular formula is C16H15BrN4. The first-order valence-corrected chi connectivity index (χ1v) is 7.65. The summed E-state index contributed by atoms with van der Waals surface area (Å²) in [5.74, 6) is 0.642. The molecule has 3 rings (SSSR count). The highest BCUT2D eigenvalue weighted by atomic mass is 79.9. The van der Waals surface area contributed by atoms with E-state index in [1.54, 1.807) is 6.20 Å². The lowest BCUT2D eigenvalue weighted by Crippen LogP contribution is -2.13. The van der Waals surface area contributed by atoms with Crippen LogP contribution in [-0.4, -0.2) is 21.5 Å². The SMILES string of the molecule is CCNCc1ccnc(-c2nc3ccccc3cc2Br)n1. The molecule has 1 aromatic carbocycles. The number of rotatable bonds is 4. The van der Waals surface area contributed by atoms with Crippen molar-refractivity contribution < 1.29 is 0 Å². The lowest BCUT2D eigenvalue weighted by Gasteiger charge is -2.07. The largest absolute Gasteiger partial charge is 0.311 e. The van der Waals surface area contributed by atoms with Crippen molar-refractivity contribution in [3.8, 4) is 11.5 Å². The van der Waals surface area contributed by atoms with Crippen LogP contribution in [0.2, 0.25) is 0 Å². The van der Waals surface area contributed by atoms with E-state index in [1.165, 1.54) is 0 Å². The van der Waals surface area contributed by atoms with E-state index < -0.39 is 0 Å². The fourth-order valence-corrected chi connectivity index (χ4v) is 2.62. The Labute approximate surface area is 131 Å². The smallest absolute Gasteiger partial charge is 0.179 e. The van der Waals surface area contributed by atoms with Gasteiger partial charge in [0.05, 0.1) is 11.2 Å². The second-order valence-corrected chi connectivity index (χ2v) is 5.52. The third-order valence-electron chi connectivity index (χ3n) is 3.16.